The Labute approximate surface area is 169 Å². The highest BCUT2D eigenvalue weighted by Gasteiger charge is 2.22. The quantitative estimate of drug-likeness (QED) is 0.689. The number of rotatable bonds is 6. The van der Waals surface area contributed by atoms with Gasteiger partial charge in [0, 0.05) is 20.1 Å². The molecular weight excluding hydrogens is 376 g/mol. The fraction of sp³-hybridized carbons (Fsp3) is 0.579. The van der Waals surface area contributed by atoms with Crippen molar-refractivity contribution in [2.24, 2.45) is 0 Å². The molecule has 0 radical (unpaired) electrons. The van der Waals surface area contributed by atoms with Gasteiger partial charge in [-0.1, -0.05) is 6.07 Å². The molecular formula is C19H26N6O4. The molecule has 3 heterocycles. The number of nitrogens with zero attached hydrogens (tertiary/aromatic N) is 6. The molecule has 156 valence electrons. The van der Waals surface area contributed by atoms with Gasteiger partial charge in [0.25, 0.3) is 0 Å². The van der Waals surface area contributed by atoms with Crippen LogP contribution in [-0.2, 0) is 22.6 Å². The summed E-state index contributed by atoms with van der Waals surface area (Å²) in [4.78, 5) is 16.8. The van der Waals surface area contributed by atoms with Crippen LogP contribution in [0.15, 0.2) is 18.2 Å². The van der Waals surface area contributed by atoms with Gasteiger partial charge in [-0.15, -0.1) is 5.10 Å². The van der Waals surface area contributed by atoms with Gasteiger partial charge in [-0.2, -0.15) is 0 Å². The van der Waals surface area contributed by atoms with Crippen molar-refractivity contribution in [3.63, 3.8) is 0 Å². The SMILES string of the molecule is C[C@@H](c1ccc2c(c1)OCCO2)N(C)C(=O)Cn1nnnc1CN1CCOCC1. The van der Waals surface area contributed by atoms with Crippen molar-refractivity contribution in [2.45, 2.75) is 26.1 Å². The molecule has 0 N–H and O–H groups in total. The number of tetrazole rings is 1. The summed E-state index contributed by atoms with van der Waals surface area (Å²) in [7, 11) is 1.79. The number of morpholine rings is 1. The minimum atomic E-state index is -0.127. The molecule has 0 unspecified atom stereocenters. The lowest BCUT2D eigenvalue weighted by atomic mass is 10.1. The van der Waals surface area contributed by atoms with Crippen LogP contribution in [0.4, 0.5) is 0 Å². The molecule has 0 aliphatic carbocycles. The zero-order valence-electron chi connectivity index (χ0n) is 16.8. The van der Waals surface area contributed by atoms with Crippen LogP contribution in [0.1, 0.15) is 24.4 Å². The third kappa shape index (κ3) is 4.48. The van der Waals surface area contributed by atoms with Crippen LogP contribution in [0.25, 0.3) is 0 Å². The molecule has 0 bridgehead atoms. The summed E-state index contributed by atoms with van der Waals surface area (Å²) in [5, 5.41) is 11.9. The monoisotopic (exact) mass is 402 g/mol. The third-order valence-electron chi connectivity index (χ3n) is 5.38. The molecule has 2 aromatic rings. The molecule has 2 aliphatic heterocycles. The van der Waals surface area contributed by atoms with Gasteiger partial charge in [0.1, 0.15) is 19.8 Å². The molecule has 1 atom stereocenters. The van der Waals surface area contributed by atoms with Crippen molar-refractivity contribution < 1.29 is 19.0 Å². The zero-order chi connectivity index (χ0) is 20.2. The summed E-state index contributed by atoms with van der Waals surface area (Å²) in [6, 6.07) is 5.66. The van der Waals surface area contributed by atoms with E-state index in [9.17, 15) is 4.79 Å². The minimum absolute atomic E-state index is 0.0667. The lowest BCUT2D eigenvalue weighted by Crippen LogP contribution is -2.37. The molecule has 29 heavy (non-hydrogen) atoms. The molecule has 1 fully saturated rings. The number of ether oxygens (including phenoxy) is 3. The summed E-state index contributed by atoms with van der Waals surface area (Å²) >= 11 is 0. The maximum absolute atomic E-state index is 12.9. The zero-order valence-corrected chi connectivity index (χ0v) is 16.8. The van der Waals surface area contributed by atoms with E-state index in [0.717, 1.165) is 30.2 Å². The van der Waals surface area contributed by atoms with Crippen molar-refractivity contribution in [3.8, 4) is 11.5 Å². The van der Waals surface area contributed by atoms with Gasteiger partial charge in [0.15, 0.2) is 17.3 Å². The van der Waals surface area contributed by atoms with Crippen LogP contribution in [0, 0.1) is 0 Å². The first-order valence-electron chi connectivity index (χ1n) is 9.82. The molecule has 10 nitrogen and oxygen atoms in total. The van der Waals surface area contributed by atoms with Gasteiger partial charge in [0.2, 0.25) is 5.91 Å². The Morgan fingerprint density at radius 3 is 2.72 bits per heavy atom. The maximum Gasteiger partial charge on any atom is 0.244 e. The van der Waals surface area contributed by atoms with Crippen molar-refractivity contribution in [3.05, 3.63) is 29.6 Å². The van der Waals surface area contributed by atoms with Crippen molar-refractivity contribution in [1.82, 2.24) is 30.0 Å². The number of amides is 1. The second-order valence-corrected chi connectivity index (χ2v) is 7.22. The number of likely N-dealkylation sites (N-methyl/N-ethyl adjacent to an activating group) is 1. The minimum Gasteiger partial charge on any atom is -0.486 e. The predicted molar refractivity (Wildman–Crippen MR) is 103 cm³/mol. The Morgan fingerprint density at radius 2 is 1.93 bits per heavy atom. The number of fused-ring (bicyclic) bond motifs is 1. The van der Waals surface area contributed by atoms with E-state index in [1.807, 2.05) is 25.1 Å². The van der Waals surface area contributed by atoms with Crippen molar-refractivity contribution >= 4 is 5.91 Å². The average Bonchev–Trinajstić information content (AvgIpc) is 3.19. The Kier molecular flexibility index (Phi) is 5.91. The Bertz CT molecular complexity index is 851. The van der Waals surface area contributed by atoms with Crippen molar-refractivity contribution in [2.75, 3.05) is 46.6 Å². The largest absolute Gasteiger partial charge is 0.486 e. The summed E-state index contributed by atoms with van der Waals surface area (Å²) in [6.07, 6.45) is 0. The first-order valence-corrected chi connectivity index (χ1v) is 9.82. The standard InChI is InChI=1S/C19H26N6O4/c1-14(15-3-4-16-17(11-15)29-10-9-28-16)23(2)19(26)13-25-18(20-21-22-25)12-24-5-7-27-8-6-24/h3-4,11,14H,5-10,12-13H2,1-2H3/t14-/m0/s1. The summed E-state index contributed by atoms with van der Waals surface area (Å²) in [5.41, 5.74) is 0.982. The molecule has 1 amide bonds. The van der Waals surface area contributed by atoms with Gasteiger partial charge in [-0.25, -0.2) is 4.68 Å². The van der Waals surface area contributed by atoms with E-state index < -0.39 is 0 Å². The van der Waals surface area contributed by atoms with Crippen LogP contribution in [-0.4, -0.2) is 82.5 Å². The fourth-order valence-corrected chi connectivity index (χ4v) is 3.42. The normalized spacial score (nSPS) is 17.7. The fourth-order valence-electron chi connectivity index (χ4n) is 3.42. The van der Waals surface area contributed by atoms with Crippen LogP contribution in [0.5, 0.6) is 11.5 Å². The van der Waals surface area contributed by atoms with Crippen molar-refractivity contribution in [1.29, 1.82) is 0 Å². The molecule has 1 aromatic heterocycles. The molecule has 4 rings (SSSR count). The van der Waals surface area contributed by atoms with Gasteiger partial charge < -0.3 is 19.1 Å². The highest BCUT2D eigenvalue weighted by atomic mass is 16.6. The number of hydrogen-bond donors (Lipinski definition) is 0. The van der Waals surface area contributed by atoms with E-state index in [4.69, 9.17) is 14.2 Å². The summed E-state index contributed by atoms with van der Waals surface area (Å²) < 4.78 is 18.2. The topological polar surface area (TPSA) is 94.8 Å². The van der Waals surface area contributed by atoms with E-state index in [1.54, 1.807) is 16.6 Å². The third-order valence-corrected chi connectivity index (χ3v) is 5.38. The second-order valence-electron chi connectivity index (χ2n) is 7.22. The Morgan fingerprint density at radius 1 is 1.17 bits per heavy atom. The molecule has 1 aromatic carbocycles. The van der Waals surface area contributed by atoms with Crippen LogP contribution < -0.4 is 9.47 Å². The summed E-state index contributed by atoms with van der Waals surface area (Å²) in [6.45, 7) is 6.85. The van der Waals surface area contributed by atoms with Gasteiger partial charge in [-0.3, -0.25) is 9.69 Å². The second kappa shape index (κ2) is 8.75. The number of hydrogen-bond acceptors (Lipinski definition) is 8. The van der Waals surface area contributed by atoms with E-state index in [0.29, 0.717) is 38.8 Å². The number of aromatic nitrogens is 4. The maximum atomic E-state index is 12.9. The highest BCUT2D eigenvalue weighted by Crippen LogP contribution is 2.33. The Balaban J connectivity index is 1.40. The van der Waals surface area contributed by atoms with Crippen LogP contribution in [0.2, 0.25) is 0 Å². The Hall–Kier alpha value is -2.72. The average molecular weight is 402 g/mol. The smallest absolute Gasteiger partial charge is 0.244 e. The first-order chi connectivity index (χ1) is 14.1. The van der Waals surface area contributed by atoms with E-state index >= 15 is 0 Å². The molecule has 0 saturated carbocycles. The van der Waals surface area contributed by atoms with E-state index in [-0.39, 0.29) is 18.5 Å². The lowest BCUT2D eigenvalue weighted by Gasteiger charge is -2.27. The predicted octanol–water partition coefficient (Wildman–Crippen LogP) is 0.496. The summed E-state index contributed by atoms with van der Waals surface area (Å²) in [5.74, 6) is 2.07. The lowest BCUT2D eigenvalue weighted by molar-refractivity contribution is -0.132. The first kappa shape index (κ1) is 19.6. The highest BCUT2D eigenvalue weighted by molar-refractivity contribution is 5.76. The van der Waals surface area contributed by atoms with Gasteiger partial charge >= 0.3 is 0 Å². The van der Waals surface area contributed by atoms with E-state index in [2.05, 4.69) is 20.4 Å². The molecule has 0 spiro atoms. The molecule has 2 aliphatic rings. The number of benzene rings is 1. The van der Waals surface area contributed by atoms with Crippen LogP contribution >= 0.6 is 0 Å². The number of carbonyl (C=O) groups excluding carboxylic acids is 1. The molecule has 1 saturated heterocycles. The van der Waals surface area contributed by atoms with E-state index in [1.165, 1.54) is 0 Å². The van der Waals surface area contributed by atoms with Gasteiger partial charge in [0.05, 0.1) is 25.8 Å². The number of carbonyl (C=O) groups is 1. The van der Waals surface area contributed by atoms with Crippen LogP contribution in [0.3, 0.4) is 0 Å². The molecule has 10 heteroatoms. The van der Waals surface area contributed by atoms with Gasteiger partial charge in [-0.05, 0) is 35.0 Å².